The molecule has 1 heterocycles. The normalized spacial score (nSPS) is 8.56. The Morgan fingerprint density at radius 2 is 2.44 bits per heavy atom. The number of hydrogen-bond acceptors (Lipinski definition) is 2. The fourth-order valence-electron chi connectivity index (χ4n) is 0.410. The van der Waals surface area contributed by atoms with E-state index in [4.69, 9.17) is 0 Å². The van der Waals surface area contributed by atoms with Crippen LogP contribution in [0.3, 0.4) is 0 Å². The molecule has 0 amide bonds. The van der Waals surface area contributed by atoms with E-state index in [2.05, 4.69) is 15.1 Å². The first-order valence-electron chi connectivity index (χ1n) is 2.37. The van der Waals surface area contributed by atoms with Gasteiger partial charge in [-0.3, -0.25) is 0 Å². The molecular weight excluding hydrogens is 294 g/mol. The Hall–Kier alpha value is -0.328. The summed E-state index contributed by atoms with van der Waals surface area (Å²) in [5.74, 6) is -0.0307. The third-order valence-corrected chi connectivity index (χ3v) is 0.804. The third-order valence-electron chi connectivity index (χ3n) is 0.804. The molecule has 0 saturated heterocycles. The van der Waals surface area contributed by atoms with Gasteiger partial charge >= 0.3 is 5.82 Å². The van der Waals surface area contributed by atoms with Gasteiger partial charge in [0.1, 0.15) is 5.76 Å². The fourth-order valence-corrected chi connectivity index (χ4v) is 0.410. The topological polar surface area (TPSA) is 43.0 Å². The van der Waals surface area contributed by atoms with Gasteiger partial charge in [0.15, 0.2) is 0 Å². The molecule has 0 saturated carbocycles. The van der Waals surface area contributed by atoms with E-state index in [-0.39, 0.29) is 20.4 Å². The molecule has 0 atom stereocenters. The van der Waals surface area contributed by atoms with Gasteiger partial charge in [0.2, 0.25) is 0 Å². The second-order valence-electron chi connectivity index (χ2n) is 1.37. The molecular formula is C5H6O3Re. The van der Waals surface area contributed by atoms with E-state index < -0.39 is 5.82 Å². The van der Waals surface area contributed by atoms with E-state index in [0.29, 0.717) is 12.2 Å². The van der Waals surface area contributed by atoms with Crippen molar-refractivity contribution in [3.05, 3.63) is 22.6 Å². The first kappa shape index (κ1) is 8.67. The summed E-state index contributed by atoms with van der Waals surface area (Å²) < 4.78 is 7.75. The number of aryl methyl sites for hydroxylation is 1. The minimum Gasteiger partial charge on any atom is -0.653 e. The van der Waals surface area contributed by atoms with Crippen LogP contribution in [0.25, 0.3) is 0 Å². The van der Waals surface area contributed by atoms with Crippen LogP contribution in [-0.2, 0) is 26.8 Å². The molecule has 0 fully saturated rings. The minimum atomic E-state index is -0.554. The SMILES string of the molecule is CCc1[c-][oH+]c(=O)o1.[Re]. The maximum atomic E-state index is 10.1. The predicted molar refractivity (Wildman–Crippen MR) is 26.6 cm³/mol. The van der Waals surface area contributed by atoms with E-state index in [1.807, 2.05) is 6.92 Å². The molecule has 1 N–H and O–H groups in total. The Morgan fingerprint density at radius 3 is 2.67 bits per heavy atom. The molecule has 0 unspecified atom stereocenters. The molecule has 3 nitrogen and oxygen atoms in total. The van der Waals surface area contributed by atoms with Crippen molar-refractivity contribution in [1.82, 2.24) is 0 Å². The molecule has 1 aromatic heterocycles. The largest absolute Gasteiger partial charge is 0.653 e. The van der Waals surface area contributed by atoms with E-state index in [1.54, 1.807) is 0 Å². The zero-order valence-electron chi connectivity index (χ0n) is 4.85. The summed E-state index contributed by atoms with van der Waals surface area (Å²) >= 11 is 0. The van der Waals surface area contributed by atoms with Crippen LogP contribution in [0.4, 0.5) is 0 Å². The van der Waals surface area contributed by atoms with Crippen molar-refractivity contribution in [2.24, 2.45) is 0 Å². The van der Waals surface area contributed by atoms with Crippen molar-refractivity contribution in [3.8, 4) is 0 Å². The van der Waals surface area contributed by atoms with Gasteiger partial charge < -0.3 is 8.83 Å². The quantitative estimate of drug-likeness (QED) is 0.566. The Balaban J connectivity index is 0.000000640. The van der Waals surface area contributed by atoms with Crippen LogP contribution in [0.2, 0.25) is 0 Å². The number of hydrogen-bond donors (Lipinski definition) is 0. The van der Waals surface area contributed by atoms with Gasteiger partial charge in [0.25, 0.3) is 0 Å². The van der Waals surface area contributed by atoms with Gasteiger partial charge in [-0.1, -0.05) is 11.7 Å². The summed E-state index contributed by atoms with van der Waals surface area (Å²) in [6.07, 6.45) is 3.10. The number of rotatable bonds is 1. The smallest absolute Gasteiger partial charge is 0.572 e. The maximum Gasteiger partial charge on any atom is 0.572 e. The predicted octanol–water partition coefficient (Wildman–Crippen LogP) is 0.705. The van der Waals surface area contributed by atoms with Gasteiger partial charge in [-0.05, 0) is 0 Å². The van der Waals surface area contributed by atoms with Crippen LogP contribution >= 0.6 is 0 Å². The fraction of sp³-hybridized carbons (Fsp3) is 0.400. The molecule has 0 aliphatic carbocycles. The van der Waals surface area contributed by atoms with Gasteiger partial charge in [-0.15, -0.1) is 0 Å². The van der Waals surface area contributed by atoms with Crippen LogP contribution in [0.5, 0.6) is 0 Å². The maximum absolute atomic E-state index is 10.1. The molecule has 0 aliphatic heterocycles. The summed E-state index contributed by atoms with van der Waals surface area (Å²) in [6, 6.07) is 0. The zero-order valence-corrected chi connectivity index (χ0v) is 7.56. The van der Waals surface area contributed by atoms with Crippen LogP contribution < -0.4 is 5.82 Å². The van der Waals surface area contributed by atoms with Crippen LogP contribution in [0, 0.1) is 6.26 Å². The average molecular weight is 300 g/mol. The summed E-state index contributed by atoms with van der Waals surface area (Å²) in [6.45, 7) is 1.87. The molecule has 51 valence electrons. The Bertz CT molecular complexity index is 212. The first-order valence-corrected chi connectivity index (χ1v) is 2.37. The average Bonchev–Trinajstić information content (AvgIpc) is 2.14. The van der Waals surface area contributed by atoms with Crippen LogP contribution in [0.15, 0.2) is 13.6 Å². The van der Waals surface area contributed by atoms with Gasteiger partial charge in [0.05, 0.1) is 0 Å². The Labute approximate surface area is 65.7 Å². The van der Waals surface area contributed by atoms with Crippen molar-refractivity contribution >= 4 is 0 Å². The molecule has 0 bridgehead atoms. The van der Waals surface area contributed by atoms with Gasteiger partial charge in [-0.2, -0.15) is 0 Å². The second-order valence-corrected chi connectivity index (χ2v) is 1.37. The standard InChI is InChI=1S/C5H6O3.Re/c1-2-4-3-7-5(6)8-4;/h7H,2H2,1H3;. The third kappa shape index (κ3) is 2.17. The van der Waals surface area contributed by atoms with Crippen LogP contribution in [-0.4, -0.2) is 0 Å². The van der Waals surface area contributed by atoms with E-state index >= 15 is 0 Å². The molecule has 9 heavy (non-hydrogen) atoms. The van der Waals surface area contributed by atoms with E-state index in [1.165, 1.54) is 0 Å². The molecule has 1 rings (SSSR count). The first-order chi connectivity index (χ1) is 3.83. The summed E-state index contributed by atoms with van der Waals surface area (Å²) in [4.78, 5) is 10.1. The van der Waals surface area contributed by atoms with Crippen molar-refractivity contribution in [3.63, 3.8) is 0 Å². The molecule has 0 aromatic carbocycles. The second kappa shape index (κ2) is 3.65. The summed E-state index contributed by atoms with van der Waals surface area (Å²) in [5, 5.41) is 0. The Kier molecular flexibility index (Phi) is 3.52. The molecule has 0 aliphatic rings. The van der Waals surface area contributed by atoms with Crippen molar-refractivity contribution < 1.29 is 29.3 Å². The van der Waals surface area contributed by atoms with Gasteiger partial charge in [-0.25, -0.2) is 0 Å². The van der Waals surface area contributed by atoms with Crippen molar-refractivity contribution in [2.45, 2.75) is 13.3 Å². The minimum absolute atomic E-state index is 0. The monoisotopic (exact) mass is 301 g/mol. The molecule has 1 aromatic rings. The van der Waals surface area contributed by atoms with E-state index in [9.17, 15) is 4.79 Å². The van der Waals surface area contributed by atoms with Crippen molar-refractivity contribution in [2.75, 3.05) is 0 Å². The summed E-state index contributed by atoms with van der Waals surface area (Å²) in [5.41, 5.74) is 0. The van der Waals surface area contributed by atoms with E-state index in [0.717, 1.165) is 0 Å². The molecule has 4 heteroatoms. The summed E-state index contributed by atoms with van der Waals surface area (Å²) in [7, 11) is 0. The van der Waals surface area contributed by atoms with Gasteiger partial charge in [0, 0.05) is 33.1 Å². The van der Waals surface area contributed by atoms with Crippen LogP contribution in [0.1, 0.15) is 12.7 Å². The molecule has 1 radical (unpaired) electrons. The molecule has 0 spiro atoms. The Morgan fingerprint density at radius 1 is 1.78 bits per heavy atom. The van der Waals surface area contributed by atoms with Crippen molar-refractivity contribution in [1.29, 1.82) is 0 Å². The zero-order chi connectivity index (χ0) is 5.98.